The molecule has 2 fully saturated rings. The Balaban J connectivity index is 0.00000144. The molecule has 0 spiro atoms. The summed E-state index contributed by atoms with van der Waals surface area (Å²) in [5.41, 5.74) is 0. The lowest BCUT2D eigenvalue weighted by Gasteiger charge is -2.42. The lowest BCUT2D eigenvalue weighted by atomic mass is 9.94. The van der Waals surface area contributed by atoms with Gasteiger partial charge in [0.25, 0.3) is 0 Å². The summed E-state index contributed by atoms with van der Waals surface area (Å²) in [6.45, 7) is 6.84. The molecule has 2 aliphatic rings. The highest BCUT2D eigenvalue weighted by atomic mass is 15.4. The number of hydrogen-bond donors (Lipinski definition) is 0. The highest BCUT2D eigenvalue weighted by Crippen LogP contribution is 2.32. The molecule has 0 radical (unpaired) electrons. The molecule has 1 heterocycles. The van der Waals surface area contributed by atoms with E-state index in [2.05, 4.69) is 6.92 Å². The fraction of sp³-hybridized carbons (Fsp3) is 1.00. The molecule has 0 aromatic carbocycles. The smallest absolute Gasteiger partial charge is 0.0890 e. The molecule has 0 bridgehead atoms. The molecule has 1 aliphatic heterocycles. The van der Waals surface area contributed by atoms with E-state index in [0.29, 0.717) is 0 Å². The van der Waals surface area contributed by atoms with Crippen molar-refractivity contribution in [3.05, 3.63) is 0 Å². The van der Waals surface area contributed by atoms with Crippen LogP contribution in [-0.4, -0.2) is 30.2 Å². The van der Waals surface area contributed by atoms with Gasteiger partial charge in [-0.05, 0) is 32.1 Å². The normalized spacial score (nSPS) is 25.9. The van der Waals surface area contributed by atoms with Crippen molar-refractivity contribution < 1.29 is 4.48 Å². The molecular weight excluding hydrogens is 206 g/mol. The van der Waals surface area contributed by atoms with Crippen molar-refractivity contribution in [3.8, 4) is 0 Å². The average molecular weight is 240 g/mol. The summed E-state index contributed by atoms with van der Waals surface area (Å²) in [6, 6.07) is 1.03. The first kappa shape index (κ1) is 15.0. The Morgan fingerprint density at radius 2 is 1.35 bits per heavy atom. The van der Waals surface area contributed by atoms with Crippen molar-refractivity contribution in [1.82, 2.24) is 0 Å². The van der Waals surface area contributed by atoms with Gasteiger partial charge in [-0.1, -0.05) is 33.6 Å². The van der Waals surface area contributed by atoms with E-state index in [4.69, 9.17) is 0 Å². The topological polar surface area (TPSA) is 0 Å². The molecule has 2 rings (SSSR count). The van der Waals surface area contributed by atoms with Crippen LogP contribution < -0.4 is 0 Å². The molecule has 0 aromatic heterocycles. The average Bonchev–Trinajstić information content (AvgIpc) is 2.67. The summed E-state index contributed by atoms with van der Waals surface area (Å²) >= 11 is 0. The van der Waals surface area contributed by atoms with Crippen LogP contribution in [-0.2, 0) is 0 Å². The minimum atomic E-state index is 0. The Labute approximate surface area is 109 Å². The van der Waals surface area contributed by atoms with E-state index in [0.717, 1.165) is 6.04 Å². The van der Waals surface area contributed by atoms with Crippen LogP contribution in [0.5, 0.6) is 0 Å². The second-order valence-electron chi connectivity index (χ2n) is 6.10. The van der Waals surface area contributed by atoms with Gasteiger partial charge in [-0.2, -0.15) is 0 Å². The molecule has 1 saturated heterocycles. The third-order valence-electron chi connectivity index (χ3n) is 4.98. The second kappa shape index (κ2) is 7.41. The lowest BCUT2D eigenvalue weighted by molar-refractivity contribution is -0.941. The van der Waals surface area contributed by atoms with Crippen LogP contribution >= 0.6 is 0 Å². The van der Waals surface area contributed by atoms with E-state index in [1.54, 1.807) is 0 Å². The van der Waals surface area contributed by atoms with Crippen LogP contribution in [0.25, 0.3) is 0 Å². The Kier molecular flexibility index (Phi) is 6.54. The van der Waals surface area contributed by atoms with Crippen LogP contribution in [0.3, 0.4) is 0 Å². The van der Waals surface area contributed by atoms with Crippen molar-refractivity contribution in [2.75, 3.05) is 19.6 Å². The lowest BCUT2D eigenvalue weighted by Crippen LogP contribution is -2.53. The maximum Gasteiger partial charge on any atom is 0.0890 e. The molecule has 1 saturated carbocycles. The summed E-state index contributed by atoms with van der Waals surface area (Å²) in [6.07, 6.45) is 15.0. The predicted octanol–water partition coefficient (Wildman–Crippen LogP) is 4.76. The van der Waals surface area contributed by atoms with Gasteiger partial charge in [-0.15, -0.1) is 0 Å². The van der Waals surface area contributed by atoms with Gasteiger partial charge in [0, 0.05) is 12.8 Å². The molecule has 0 unspecified atom stereocenters. The standard InChI is InChI=1S/C15H30N.CH4/c1-2-12-16(13-8-9-14-16)15-10-6-4-3-5-7-11-15;/h15H,2-14H2,1H3;1H4/q+1;. The zero-order valence-corrected chi connectivity index (χ0v) is 11.2. The fourth-order valence-corrected chi connectivity index (χ4v) is 4.16. The van der Waals surface area contributed by atoms with Crippen molar-refractivity contribution in [3.63, 3.8) is 0 Å². The summed E-state index contributed by atoms with van der Waals surface area (Å²) in [4.78, 5) is 0. The molecule has 0 amide bonds. The first-order valence-electron chi connectivity index (χ1n) is 7.73. The largest absolute Gasteiger partial charge is 0.321 e. The van der Waals surface area contributed by atoms with E-state index in [1.807, 2.05) is 0 Å². The predicted molar refractivity (Wildman–Crippen MR) is 77.2 cm³/mol. The van der Waals surface area contributed by atoms with Gasteiger partial charge in [0.2, 0.25) is 0 Å². The molecule has 1 aliphatic carbocycles. The zero-order valence-electron chi connectivity index (χ0n) is 11.2. The summed E-state index contributed by atoms with van der Waals surface area (Å²) in [5.74, 6) is 0. The van der Waals surface area contributed by atoms with Crippen LogP contribution in [0.15, 0.2) is 0 Å². The molecule has 0 aromatic rings. The maximum atomic E-state index is 2.38. The first-order valence-corrected chi connectivity index (χ1v) is 7.73. The van der Waals surface area contributed by atoms with Gasteiger partial charge in [-0.3, -0.25) is 0 Å². The van der Waals surface area contributed by atoms with Gasteiger partial charge in [-0.25, -0.2) is 0 Å². The summed E-state index contributed by atoms with van der Waals surface area (Å²) < 4.78 is 1.51. The third-order valence-corrected chi connectivity index (χ3v) is 4.98. The van der Waals surface area contributed by atoms with Crippen molar-refractivity contribution >= 4 is 0 Å². The van der Waals surface area contributed by atoms with Crippen LogP contribution in [0.1, 0.15) is 78.6 Å². The van der Waals surface area contributed by atoms with E-state index in [1.165, 1.54) is 88.3 Å². The van der Waals surface area contributed by atoms with Crippen LogP contribution in [0.4, 0.5) is 0 Å². The highest BCUT2D eigenvalue weighted by Gasteiger charge is 2.38. The Morgan fingerprint density at radius 1 is 0.824 bits per heavy atom. The molecular formula is C16H34N+. The Bertz CT molecular complexity index is 186. The third kappa shape index (κ3) is 3.71. The second-order valence-corrected chi connectivity index (χ2v) is 6.10. The van der Waals surface area contributed by atoms with Gasteiger partial charge in [0.05, 0.1) is 25.7 Å². The van der Waals surface area contributed by atoms with Crippen molar-refractivity contribution in [2.24, 2.45) is 0 Å². The molecule has 17 heavy (non-hydrogen) atoms. The minimum absolute atomic E-state index is 0. The fourth-order valence-electron chi connectivity index (χ4n) is 4.16. The SMILES string of the molecule is C.CCC[N+]1(C2CCCCCCC2)CCCC1. The van der Waals surface area contributed by atoms with Crippen LogP contribution in [0.2, 0.25) is 0 Å². The number of nitrogens with zero attached hydrogens (tertiary/aromatic N) is 1. The maximum absolute atomic E-state index is 2.38. The zero-order chi connectivity index (χ0) is 11.3. The van der Waals surface area contributed by atoms with Crippen molar-refractivity contribution in [1.29, 1.82) is 0 Å². The van der Waals surface area contributed by atoms with Crippen molar-refractivity contribution in [2.45, 2.75) is 84.6 Å². The highest BCUT2D eigenvalue weighted by molar-refractivity contribution is 4.69. The number of likely N-dealkylation sites (tertiary alicyclic amines) is 1. The number of quaternary nitrogens is 1. The molecule has 102 valence electrons. The number of rotatable bonds is 3. The van der Waals surface area contributed by atoms with Gasteiger partial charge < -0.3 is 4.48 Å². The first-order chi connectivity index (χ1) is 7.87. The van der Waals surface area contributed by atoms with Gasteiger partial charge in [0.1, 0.15) is 0 Å². The van der Waals surface area contributed by atoms with Gasteiger partial charge >= 0.3 is 0 Å². The molecule has 1 nitrogen and oxygen atoms in total. The minimum Gasteiger partial charge on any atom is -0.321 e. The van der Waals surface area contributed by atoms with E-state index in [-0.39, 0.29) is 7.43 Å². The molecule has 0 N–H and O–H groups in total. The van der Waals surface area contributed by atoms with E-state index < -0.39 is 0 Å². The van der Waals surface area contributed by atoms with Crippen LogP contribution in [0, 0.1) is 0 Å². The van der Waals surface area contributed by atoms with E-state index in [9.17, 15) is 0 Å². The number of hydrogen-bond acceptors (Lipinski definition) is 0. The quantitative estimate of drug-likeness (QED) is 0.624. The summed E-state index contributed by atoms with van der Waals surface area (Å²) in [5, 5.41) is 0. The molecule has 0 atom stereocenters. The monoisotopic (exact) mass is 240 g/mol. The summed E-state index contributed by atoms with van der Waals surface area (Å²) in [7, 11) is 0. The Hall–Kier alpha value is -0.0400. The Morgan fingerprint density at radius 3 is 1.88 bits per heavy atom. The molecule has 1 heteroatoms. The van der Waals surface area contributed by atoms with E-state index >= 15 is 0 Å². The van der Waals surface area contributed by atoms with Gasteiger partial charge in [0.15, 0.2) is 0 Å².